The standard InChI is InChI=1S/C15H21F2NO3S/c16-13-7-14(17)9-15(8-13)21-10-12-4-2-1-3-11(12)5-6-18-22(19)20/h7-9,11-12,18H,1-6,10H2,(H,19,20). The van der Waals surface area contributed by atoms with E-state index >= 15 is 0 Å². The van der Waals surface area contributed by atoms with E-state index < -0.39 is 22.9 Å². The molecule has 1 saturated carbocycles. The molecular weight excluding hydrogens is 312 g/mol. The summed E-state index contributed by atoms with van der Waals surface area (Å²) >= 11 is -1.98. The van der Waals surface area contributed by atoms with E-state index in [9.17, 15) is 13.0 Å². The number of nitrogens with one attached hydrogen (secondary N) is 1. The predicted molar refractivity (Wildman–Crippen MR) is 80.7 cm³/mol. The van der Waals surface area contributed by atoms with E-state index in [1.807, 2.05) is 0 Å². The number of rotatable bonds is 7. The monoisotopic (exact) mass is 333 g/mol. The van der Waals surface area contributed by atoms with Crippen molar-refractivity contribution in [3.8, 4) is 5.75 Å². The zero-order valence-electron chi connectivity index (χ0n) is 12.3. The molecule has 4 nitrogen and oxygen atoms in total. The largest absolute Gasteiger partial charge is 0.493 e. The Labute approximate surface area is 131 Å². The summed E-state index contributed by atoms with van der Waals surface area (Å²) in [6.45, 7) is 0.884. The quantitative estimate of drug-likeness (QED) is 0.753. The predicted octanol–water partition coefficient (Wildman–Crippen LogP) is 3.27. The van der Waals surface area contributed by atoms with Crippen molar-refractivity contribution < 1.29 is 22.3 Å². The van der Waals surface area contributed by atoms with Gasteiger partial charge >= 0.3 is 0 Å². The first-order valence-electron chi connectivity index (χ1n) is 7.48. The van der Waals surface area contributed by atoms with Gasteiger partial charge in [-0.3, -0.25) is 4.55 Å². The Kier molecular flexibility index (Phi) is 6.72. The third-order valence-electron chi connectivity index (χ3n) is 4.11. The van der Waals surface area contributed by atoms with Crippen LogP contribution in [-0.4, -0.2) is 21.9 Å². The molecule has 1 aliphatic rings. The van der Waals surface area contributed by atoms with Gasteiger partial charge in [0.1, 0.15) is 17.4 Å². The van der Waals surface area contributed by atoms with Gasteiger partial charge < -0.3 is 4.74 Å². The Hall–Kier alpha value is -1.05. The van der Waals surface area contributed by atoms with Crippen molar-refractivity contribution in [1.29, 1.82) is 0 Å². The highest BCUT2D eigenvalue weighted by Crippen LogP contribution is 2.32. The molecule has 7 heteroatoms. The zero-order chi connectivity index (χ0) is 15.9. The van der Waals surface area contributed by atoms with Gasteiger partial charge in [-0.25, -0.2) is 17.7 Å². The summed E-state index contributed by atoms with van der Waals surface area (Å²) in [5.74, 6) is -0.400. The molecule has 0 amide bonds. The molecule has 0 spiro atoms. The van der Waals surface area contributed by atoms with E-state index in [4.69, 9.17) is 9.29 Å². The molecule has 3 atom stereocenters. The average Bonchev–Trinajstić information content (AvgIpc) is 2.45. The van der Waals surface area contributed by atoms with Gasteiger partial charge in [0.05, 0.1) is 6.61 Å². The Bertz CT molecular complexity index is 495. The van der Waals surface area contributed by atoms with Crippen LogP contribution in [0.1, 0.15) is 32.1 Å². The molecule has 1 fully saturated rings. The maximum Gasteiger partial charge on any atom is 0.231 e. The van der Waals surface area contributed by atoms with Crippen molar-refractivity contribution in [3.05, 3.63) is 29.8 Å². The third kappa shape index (κ3) is 5.62. The molecule has 0 aliphatic heterocycles. The van der Waals surface area contributed by atoms with Crippen LogP contribution in [0.3, 0.4) is 0 Å². The van der Waals surface area contributed by atoms with E-state index in [-0.39, 0.29) is 5.75 Å². The molecule has 1 aliphatic carbocycles. The third-order valence-corrected chi connectivity index (χ3v) is 4.56. The van der Waals surface area contributed by atoms with Gasteiger partial charge in [-0.1, -0.05) is 19.3 Å². The minimum absolute atomic E-state index is 0.205. The molecule has 0 aromatic heterocycles. The Morgan fingerprint density at radius 3 is 2.45 bits per heavy atom. The summed E-state index contributed by atoms with van der Waals surface area (Å²) < 4.78 is 53.6. The zero-order valence-corrected chi connectivity index (χ0v) is 13.1. The van der Waals surface area contributed by atoms with Gasteiger partial charge in [-0.15, -0.1) is 0 Å². The summed E-state index contributed by atoms with van der Waals surface area (Å²) in [6, 6.07) is 3.17. The lowest BCUT2D eigenvalue weighted by molar-refractivity contribution is 0.143. The second-order valence-corrected chi connectivity index (χ2v) is 6.44. The van der Waals surface area contributed by atoms with Crippen LogP contribution in [0, 0.1) is 23.5 Å². The molecular formula is C15H21F2NO3S. The van der Waals surface area contributed by atoms with Gasteiger partial charge in [0.25, 0.3) is 0 Å². The van der Waals surface area contributed by atoms with E-state index in [0.29, 0.717) is 25.0 Å². The Balaban J connectivity index is 1.86. The summed E-state index contributed by atoms with van der Waals surface area (Å²) in [6.07, 6.45) is 5.09. The number of hydrogen-bond acceptors (Lipinski definition) is 2. The molecule has 124 valence electrons. The van der Waals surface area contributed by atoms with Crippen LogP contribution in [-0.2, 0) is 11.3 Å². The lowest BCUT2D eigenvalue weighted by Gasteiger charge is -2.31. The maximum absolute atomic E-state index is 13.1. The lowest BCUT2D eigenvalue weighted by Crippen LogP contribution is -2.29. The molecule has 3 unspecified atom stereocenters. The minimum Gasteiger partial charge on any atom is -0.493 e. The molecule has 0 heterocycles. The normalized spacial score (nSPS) is 23.2. The summed E-state index contributed by atoms with van der Waals surface area (Å²) in [7, 11) is 0. The van der Waals surface area contributed by atoms with Crippen LogP contribution in [0.2, 0.25) is 0 Å². The second kappa shape index (κ2) is 8.55. The van der Waals surface area contributed by atoms with Crippen molar-refractivity contribution in [3.63, 3.8) is 0 Å². The summed E-state index contributed by atoms with van der Waals surface area (Å²) in [5, 5.41) is 0. The first kappa shape index (κ1) is 17.3. The lowest BCUT2D eigenvalue weighted by atomic mass is 9.78. The van der Waals surface area contributed by atoms with Gasteiger partial charge in [-0.2, -0.15) is 0 Å². The molecule has 1 aromatic rings. The van der Waals surface area contributed by atoms with E-state index in [2.05, 4.69) is 4.72 Å². The van der Waals surface area contributed by atoms with E-state index in [1.165, 1.54) is 12.1 Å². The summed E-state index contributed by atoms with van der Waals surface area (Å²) in [4.78, 5) is 0. The average molecular weight is 333 g/mol. The molecule has 2 N–H and O–H groups in total. The summed E-state index contributed by atoms with van der Waals surface area (Å²) in [5.41, 5.74) is 0. The molecule has 0 bridgehead atoms. The first-order valence-corrected chi connectivity index (χ1v) is 8.58. The van der Waals surface area contributed by atoms with E-state index in [1.54, 1.807) is 0 Å². The minimum atomic E-state index is -1.98. The van der Waals surface area contributed by atoms with Crippen LogP contribution in [0.15, 0.2) is 18.2 Å². The van der Waals surface area contributed by atoms with Gasteiger partial charge in [0.2, 0.25) is 11.3 Å². The van der Waals surface area contributed by atoms with Crippen LogP contribution < -0.4 is 9.46 Å². The number of benzene rings is 1. The molecule has 0 radical (unpaired) electrons. The number of ether oxygens (including phenoxy) is 1. The van der Waals surface area contributed by atoms with Crippen LogP contribution in [0.25, 0.3) is 0 Å². The van der Waals surface area contributed by atoms with Gasteiger partial charge in [0, 0.05) is 24.7 Å². The van der Waals surface area contributed by atoms with Crippen molar-refractivity contribution in [2.24, 2.45) is 11.8 Å². The van der Waals surface area contributed by atoms with E-state index in [0.717, 1.165) is 38.2 Å². The van der Waals surface area contributed by atoms with Crippen molar-refractivity contribution in [2.45, 2.75) is 32.1 Å². The highest BCUT2D eigenvalue weighted by Gasteiger charge is 2.25. The fourth-order valence-electron chi connectivity index (χ4n) is 3.03. The maximum atomic E-state index is 13.1. The molecule has 1 aromatic carbocycles. The molecule has 0 saturated heterocycles. The van der Waals surface area contributed by atoms with Gasteiger partial charge in [-0.05, 0) is 24.7 Å². The molecule has 2 rings (SSSR count). The van der Waals surface area contributed by atoms with Crippen LogP contribution in [0.5, 0.6) is 5.75 Å². The Morgan fingerprint density at radius 2 is 1.82 bits per heavy atom. The van der Waals surface area contributed by atoms with Crippen molar-refractivity contribution in [1.82, 2.24) is 4.72 Å². The number of hydrogen-bond donors (Lipinski definition) is 2. The second-order valence-electron chi connectivity index (χ2n) is 5.65. The fourth-order valence-corrected chi connectivity index (χ4v) is 3.32. The topological polar surface area (TPSA) is 58.6 Å². The van der Waals surface area contributed by atoms with Crippen LogP contribution in [0.4, 0.5) is 8.78 Å². The van der Waals surface area contributed by atoms with Crippen molar-refractivity contribution in [2.75, 3.05) is 13.2 Å². The highest BCUT2D eigenvalue weighted by atomic mass is 32.2. The van der Waals surface area contributed by atoms with Gasteiger partial charge in [0.15, 0.2) is 0 Å². The smallest absolute Gasteiger partial charge is 0.231 e. The number of halogens is 2. The van der Waals surface area contributed by atoms with Crippen LogP contribution >= 0.6 is 0 Å². The first-order chi connectivity index (χ1) is 10.5. The highest BCUT2D eigenvalue weighted by molar-refractivity contribution is 7.77. The molecule has 22 heavy (non-hydrogen) atoms. The Morgan fingerprint density at radius 1 is 1.18 bits per heavy atom. The SMILES string of the molecule is O=S(O)NCCC1CCCCC1COc1cc(F)cc(F)c1. The fraction of sp³-hybridized carbons (Fsp3) is 0.600. The van der Waals surface area contributed by atoms with Crippen molar-refractivity contribution >= 4 is 11.3 Å².